The number of aliphatic carboxylic acids is 1. The van der Waals surface area contributed by atoms with E-state index in [4.69, 9.17) is 0 Å². The van der Waals surface area contributed by atoms with Crippen LogP contribution in [0.15, 0.2) is 30.3 Å². The molecule has 0 aromatic heterocycles. The highest BCUT2D eigenvalue weighted by Gasteiger charge is 2.46. The molecule has 4 nitrogen and oxygen atoms in total. The van der Waals surface area contributed by atoms with E-state index in [0.717, 1.165) is 30.6 Å². The molecule has 2 N–H and O–H groups in total. The zero-order valence-electron chi connectivity index (χ0n) is 12.2. The summed E-state index contributed by atoms with van der Waals surface area (Å²) in [4.78, 5) is 23.9. The summed E-state index contributed by atoms with van der Waals surface area (Å²) in [7, 11) is 0. The lowest BCUT2D eigenvalue weighted by Gasteiger charge is -2.41. The molecule has 1 amide bonds. The molecule has 1 aromatic rings. The minimum Gasteiger partial charge on any atom is -0.480 e. The third-order valence-electron chi connectivity index (χ3n) is 4.18. The van der Waals surface area contributed by atoms with E-state index in [1.54, 1.807) is 11.8 Å². The molecule has 1 atom stereocenters. The van der Waals surface area contributed by atoms with Crippen molar-refractivity contribution in [3.8, 4) is 0 Å². The number of nitrogens with one attached hydrogen (secondary N) is 1. The normalized spacial score (nSPS) is 17.6. The number of hydrogen-bond acceptors (Lipinski definition) is 3. The van der Waals surface area contributed by atoms with Gasteiger partial charge in [-0.2, -0.15) is 11.8 Å². The van der Waals surface area contributed by atoms with Crippen LogP contribution in [0.5, 0.6) is 0 Å². The van der Waals surface area contributed by atoms with Crippen molar-refractivity contribution in [3.05, 3.63) is 35.9 Å². The molecule has 0 bridgehead atoms. The first kappa shape index (κ1) is 15.9. The summed E-state index contributed by atoms with van der Waals surface area (Å²) in [6.45, 7) is 0. The third-order valence-corrected chi connectivity index (χ3v) is 4.83. The number of thioether (sulfide) groups is 1. The van der Waals surface area contributed by atoms with Gasteiger partial charge in [-0.1, -0.05) is 36.8 Å². The van der Waals surface area contributed by atoms with Crippen LogP contribution in [0, 0.1) is 0 Å². The summed E-state index contributed by atoms with van der Waals surface area (Å²) in [5.74, 6) is -0.386. The Balaban J connectivity index is 2.11. The molecule has 1 saturated carbocycles. The smallest absolute Gasteiger partial charge is 0.326 e. The fraction of sp³-hybridized carbons (Fsp3) is 0.500. The second-order valence-corrected chi connectivity index (χ2v) is 6.43. The fourth-order valence-corrected chi connectivity index (χ4v) is 3.20. The average Bonchev–Trinajstić information content (AvgIpc) is 2.43. The van der Waals surface area contributed by atoms with Gasteiger partial charge in [0, 0.05) is 0 Å². The van der Waals surface area contributed by atoms with E-state index in [9.17, 15) is 14.7 Å². The number of amides is 1. The minimum absolute atomic E-state index is 0.145. The van der Waals surface area contributed by atoms with Crippen LogP contribution >= 0.6 is 11.8 Å². The average molecular weight is 307 g/mol. The van der Waals surface area contributed by atoms with E-state index in [1.807, 2.05) is 36.6 Å². The molecule has 1 aromatic carbocycles. The van der Waals surface area contributed by atoms with Gasteiger partial charge >= 0.3 is 5.97 Å². The monoisotopic (exact) mass is 307 g/mol. The van der Waals surface area contributed by atoms with E-state index < -0.39 is 17.4 Å². The van der Waals surface area contributed by atoms with Gasteiger partial charge in [-0.05, 0) is 36.8 Å². The van der Waals surface area contributed by atoms with Crippen LogP contribution < -0.4 is 5.32 Å². The predicted octanol–water partition coefficient (Wildman–Crippen LogP) is 2.43. The Hall–Kier alpha value is -1.49. The SMILES string of the molecule is CSCCC(NC(=O)C1(c2ccccc2)CCC1)C(=O)O. The van der Waals surface area contributed by atoms with Crippen molar-refractivity contribution in [2.45, 2.75) is 37.1 Å². The van der Waals surface area contributed by atoms with E-state index in [2.05, 4.69) is 5.32 Å². The molecule has 1 aliphatic rings. The molecule has 114 valence electrons. The van der Waals surface area contributed by atoms with Gasteiger partial charge in [-0.15, -0.1) is 0 Å². The molecule has 5 heteroatoms. The number of hydrogen-bond donors (Lipinski definition) is 2. The van der Waals surface area contributed by atoms with Crippen LogP contribution in [0.4, 0.5) is 0 Å². The van der Waals surface area contributed by atoms with Gasteiger partial charge in [0.25, 0.3) is 0 Å². The van der Waals surface area contributed by atoms with Crippen LogP contribution in [0.25, 0.3) is 0 Å². The zero-order chi connectivity index (χ0) is 15.3. The van der Waals surface area contributed by atoms with E-state index >= 15 is 0 Å². The number of carbonyl (C=O) groups excluding carboxylic acids is 1. The molecule has 2 rings (SSSR count). The maximum Gasteiger partial charge on any atom is 0.326 e. The van der Waals surface area contributed by atoms with Crippen molar-refractivity contribution in [1.82, 2.24) is 5.32 Å². The summed E-state index contributed by atoms with van der Waals surface area (Å²) in [6, 6.07) is 8.88. The molecule has 0 heterocycles. The summed E-state index contributed by atoms with van der Waals surface area (Å²) in [6.07, 6.45) is 4.96. The predicted molar refractivity (Wildman–Crippen MR) is 84.5 cm³/mol. The van der Waals surface area contributed by atoms with Gasteiger partial charge < -0.3 is 10.4 Å². The van der Waals surface area contributed by atoms with Crippen molar-refractivity contribution in [1.29, 1.82) is 0 Å². The Morgan fingerprint density at radius 3 is 2.48 bits per heavy atom. The standard InChI is InChI=1S/C16H21NO3S/c1-21-11-8-13(14(18)19)17-15(20)16(9-5-10-16)12-6-3-2-4-7-12/h2-4,6-7,13H,5,8-11H2,1H3,(H,17,20)(H,18,19). The first-order valence-corrected chi connectivity index (χ1v) is 8.58. The largest absolute Gasteiger partial charge is 0.480 e. The summed E-state index contributed by atoms with van der Waals surface area (Å²) < 4.78 is 0. The molecule has 1 fully saturated rings. The van der Waals surface area contributed by atoms with Gasteiger partial charge in [0.05, 0.1) is 5.41 Å². The number of carbonyl (C=O) groups is 2. The zero-order valence-corrected chi connectivity index (χ0v) is 13.0. The first-order chi connectivity index (χ1) is 10.1. The van der Waals surface area contributed by atoms with Crippen molar-refractivity contribution in [2.24, 2.45) is 0 Å². The fourth-order valence-electron chi connectivity index (χ4n) is 2.72. The molecular formula is C16H21NO3S. The van der Waals surface area contributed by atoms with E-state index in [0.29, 0.717) is 6.42 Å². The summed E-state index contributed by atoms with van der Waals surface area (Å²) in [5.41, 5.74) is 0.455. The van der Waals surface area contributed by atoms with Gasteiger partial charge in [-0.25, -0.2) is 4.79 Å². The molecular weight excluding hydrogens is 286 g/mol. The second-order valence-electron chi connectivity index (χ2n) is 5.45. The molecule has 0 aliphatic heterocycles. The molecule has 1 unspecified atom stereocenters. The third kappa shape index (κ3) is 3.40. The molecule has 0 saturated heterocycles. The Bertz CT molecular complexity index is 500. The summed E-state index contributed by atoms with van der Waals surface area (Å²) in [5, 5.41) is 12.0. The summed E-state index contributed by atoms with van der Waals surface area (Å²) >= 11 is 1.58. The number of carboxylic acids is 1. The van der Waals surface area contributed by atoms with Gasteiger partial charge in [-0.3, -0.25) is 4.79 Å². The second kappa shape index (κ2) is 6.98. The van der Waals surface area contributed by atoms with Crippen molar-refractivity contribution in [3.63, 3.8) is 0 Å². The van der Waals surface area contributed by atoms with Crippen molar-refractivity contribution >= 4 is 23.6 Å². The lowest BCUT2D eigenvalue weighted by Crippen LogP contribution is -2.53. The van der Waals surface area contributed by atoms with Crippen LogP contribution in [0.2, 0.25) is 0 Å². The highest BCUT2D eigenvalue weighted by Crippen LogP contribution is 2.44. The molecule has 1 aliphatic carbocycles. The van der Waals surface area contributed by atoms with E-state index in [1.165, 1.54) is 0 Å². The van der Waals surface area contributed by atoms with Crippen LogP contribution in [0.3, 0.4) is 0 Å². The molecule has 21 heavy (non-hydrogen) atoms. The van der Waals surface area contributed by atoms with Gasteiger partial charge in [0.2, 0.25) is 5.91 Å². The number of rotatable bonds is 7. The lowest BCUT2D eigenvalue weighted by molar-refractivity contribution is -0.143. The Morgan fingerprint density at radius 2 is 2.00 bits per heavy atom. The Kier molecular flexibility index (Phi) is 5.28. The maximum atomic E-state index is 12.6. The number of carboxylic acid groups (broad SMARTS) is 1. The van der Waals surface area contributed by atoms with Crippen LogP contribution in [0.1, 0.15) is 31.2 Å². The Morgan fingerprint density at radius 1 is 1.33 bits per heavy atom. The highest BCUT2D eigenvalue weighted by atomic mass is 32.2. The van der Waals surface area contributed by atoms with Gasteiger partial charge in [0.1, 0.15) is 6.04 Å². The quantitative estimate of drug-likeness (QED) is 0.812. The van der Waals surface area contributed by atoms with Gasteiger partial charge in [0.15, 0.2) is 0 Å². The molecule has 0 spiro atoms. The van der Waals surface area contributed by atoms with Crippen molar-refractivity contribution < 1.29 is 14.7 Å². The lowest BCUT2D eigenvalue weighted by atomic mass is 9.63. The first-order valence-electron chi connectivity index (χ1n) is 7.18. The van der Waals surface area contributed by atoms with Crippen LogP contribution in [-0.2, 0) is 15.0 Å². The number of benzene rings is 1. The highest BCUT2D eigenvalue weighted by molar-refractivity contribution is 7.98. The van der Waals surface area contributed by atoms with Crippen molar-refractivity contribution in [2.75, 3.05) is 12.0 Å². The minimum atomic E-state index is -0.958. The van der Waals surface area contributed by atoms with E-state index in [-0.39, 0.29) is 5.91 Å². The van der Waals surface area contributed by atoms with Crippen LogP contribution in [-0.4, -0.2) is 35.0 Å². The Labute approximate surface area is 129 Å². The maximum absolute atomic E-state index is 12.6. The molecule has 0 radical (unpaired) electrons. The topological polar surface area (TPSA) is 66.4 Å².